The van der Waals surface area contributed by atoms with Crippen LogP contribution in [0.25, 0.3) is 10.9 Å². The summed E-state index contributed by atoms with van der Waals surface area (Å²) in [5.41, 5.74) is 4.43. The minimum Gasteiger partial charge on any atom is -0.327 e. The SMILES string of the molecule is Cc1ccc2c(c1)C(=O)[C@]1(OI)CCN(c3ccc4ncc(C)cc4c3)C1=N2. The standard InChI is InChI=1S/C22H18IN3O2/c1-13-3-5-19-17(10-13)20(27)22(28-23)7-8-26(21(22)25-19)16-4-6-18-15(11-16)9-14(2)12-24-18/h3-6,9-12H,7-8H2,1-2H3/t22-/m1/s1. The molecule has 6 heteroatoms. The molecule has 1 aromatic heterocycles. The van der Waals surface area contributed by atoms with Crippen LogP contribution in [0.5, 0.6) is 0 Å². The normalized spacial score (nSPS) is 20.9. The van der Waals surface area contributed by atoms with Crippen LogP contribution in [-0.4, -0.2) is 28.7 Å². The molecular weight excluding hydrogens is 465 g/mol. The van der Waals surface area contributed by atoms with E-state index in [0.717, 1.165) is 27.7 Å². The Morgan fingerprint density at radius 3 is 2.79 bits per heavy atom. The maximum absolute atomic E-state index is 13.4. The highest BCUT2D eigenvalue weighted by Gasteiger charge is 2.55. The largest absolute Gasteiger partial charge is 0.327 e. The minimum atomic E-state index is -1.03. The molecule has 3 heterocycles. The zero-order valence-corrected chi connectivity index (χ0v) is 17.7. The van der Waals surface area contributed by atoms with Crippen molar-refractivity contribution in [2.75, 3.05) is 11.4 Å². The summed E-state index contributed by atoms with van der Waals surface area (Å²) in [5.74, 6) is 0.662. The number of amidine groups is 1. The average molecular weight is 483 g/mol. The van der Waals surface area contributed by atoms with Crippen LogP contribution in [0, 0.1) is 13.8 Å². The maximum Gasteiger partial charge on any atom is 0.205 e. The Morgan fingerprint density at radius 2 is 1.96 bits per heavy atom. The number of hydrogen-bond donors (Lipinski definition) is 0. The lowest BCUT2D eigenvalue weighted by Gasteiger charge is -2.31. The van der Waals surface area contributed by atoms with Gasteiger partial charge in [-0.1, -0.05) is 11.6 Å². The van der Waals surface area contributed by atoms with Crippen molar-refractivity contribution in [1.29, 1.82) is 0 Å². The molecule has 0 saturated carbocycles. The van der Waals surface area contributed by atoms with Gasteiger partial charge < -0.3 is 4.90 Å². The molecule has 28 heavy (non-hydrogen) atoms. The summed E-state index contributed by atoms with van der Waals surface area (Å²) < 4.78 is 5.81. The lowest BCUT2D eigenvalue weighted by Crippen LogP contribution is -2.49. The zero-order valence-electron chi connectivity index (χ0n) is 15.6. The highest BCUT2D eigenvalue weighted by Crippen LogP contribution is 2.43. The number of benzene rings is 2. The van der Waals surface area contributed by atoms with Gasteiger partial charge in [-0.15, -0.1) is 0 Å². The molecule has 0 aliphatic carbocycles. The Hall–Kier alpha value is -2.32. The van der Waals surface area contributed by atoms with Gasteiger partial charge in [0, 0.05) is 35.8 Å². The molecule has 5 rings (SSSR count). The number of halogens is 1. The third-order valence-corrected chi connectivity index (χ3v) is 6.29. The highest BCUT2D eigenvalue weighted by atomic mass is 127. The number of pyridine rings is 1. The van der Waals surface area contributed by atoms with E-state index < -0.39 is 5.60 Å². The van der Waals surface area contributed by atoms with E-state index in [2.05, 4.69) is 22.0 Å². The Bertz CT molecular complexity index is 1170. The Labute approximate surface area is 177 Å². The number of rotatable bonds is 2. The van der Waals surface area contributed by atoms with Gasteiger partial charge in [0.25, 0.3) is 0 Å². The Kier molecular flexibility index (Phi) is 4.03. The molecule has 0 spiro atoms. The number of carbonyl (C=O) groups is 1. The predicted molar refractivity (Wildman–Crippen MR) is 119 cm³/mol. The van der Waals surface area contributed by atoms with Crippen molar-refractivity contribution >= 4 is 56.9 Å². The van der Waals surface area contributed by atoms with Crippen molar-refractivity contribution in [2.24, 2.45) is 4.99 Å². The van der Waals surface area contributed by atoms with Crippen LogP contribution in [0.15, 0.2) is 53.7 Å². The van der Waals surface area contributed by atoms with E-state index in [0.29, 0.717) is 30.1 Å². The number of ketones is 1. The van der Waals surface area contributed by atoms with Crippen LogP contribution in [0.1, 0.15) is 27.9 Å². The summed E-state index contributed by atoms with van der Waals surface area (Å²) in [7, 11) is 0. The number of aryl methyl sites for hydroxylation is 2. The molecule has 5 nitrogen and oxygen atoms in total. The van der Waals surface area contributed by atoms with Crippen LogP contribution >= 0.6 is 23.0 Å². The van der Waals surface area contributed by atoms with E-state index >= 15 is 0 Å². The number of aliphatic imine (C=N–C) groups is 1. The molecule has 140 valence electrons. The number of hydrogen-bond acceptors (Lipinski definition) is 5. The first-order chi connectivity index (χ1) is 13.5. The minimum absolute atomic E-state index is 0.00796. The van der Waals surface area contributed by atoms with Gasteiger partial charge in [0.2, 0.25) is 11.4 Å². The van der Waals surface area contributed by atoms with Gasteiger partial charge in [-0.05, 0) is 55.8 Å². The fourth-order valence-electron chi connectivity index (χ4n) is 4.09. The van der Waals surface area contributed by atoms with Gasteiger partial charge in [-0.2, -0.15) is 0 Å². The van der Waals surface area contributed by atoms with Crippen LogP contribution in [0.2, 0.25) is 0 Å². The second-order valence-electron chi connectivity index (χ2n) is 7.48. The lowest BCUT2D eigenvalue weighted by atomic mass is 9.87. The van der Waals surface area contributed by atoms with Crippen molar-refractivity contribution in [3.63, 3.8) is 0 Å². The third-order valence-electron chi connectivity index (χ3n) is 5.54. The molecule has 1 atom stereocenters. The molecule has 1 saturated heterocycles. The molecular formula is C22H18IN3O2. The van der Waals surface area contributed by atoms with E-state index in [9.17, 15) is 4.79 Å². The van der Waals surface area contributed by atoms with Gasteiger partial charge in [-0.25, -0.2) is 4.99 Å². The molecule has 0 N–H and O–H groups in total. The second-order valence-corrected chi connectivity index (χ2v) is 7.92. The Morgan fingerprint density at radius 1 is 1.11 bits per heavy atom. The van der Waals surface area contributed by atoms with E-state index in [4.69, 9.17) is 8.06 Å². The highest BCUT2D eigenvalue weighted by molar-refractivity contribution is 14.1. The number of nitrogens with zero attached hydrogens (tertiary/aromatic N) is 3. The molecule has 2 aliphatic rings. The maximum atomic E-state index is 13.4. The van der Waals surface area contributed by atoms with Crippen LogP contribution in [0.3, 0.4) is 0 Å². The summed E-state index contributed by atoms with van der Waals surface area (Å²) in [6, 6.07) is 14.1. The molecule has 0 bridgehead atoms. The molecule has 0 amide bonds. The van der Waals surface area contributed by atoms with Crippen LogP contribution < -0.4 is 4.90 Å². The smallest absolute Gasteiger partial charge is 0.205 e. The van der Waals surface area contributed by atoms with Crippen molar-refractivity contribution in [1.82, 2.24) is 4.98 Å². The fourth-order valence-corrected chi connectivity index (χ4v) is 4.71. The first-order valence-electron chi connectivity index (χ1n) is 9.20. The predicted octanol–water partition coefficient (Wildman–Crippen LogP) is 5.09. The van der Waals surface area contributed by atoms with Crippen molar-refractivity contribution in [3.05, 3.63) is 65.4 Å². The number of Topliss-reactive ketones (excluding diaryl/α,β-unsaturated/α-hetero) is 1. The molecule has 0 radical (unpaired) electrons. The van der Waals surface area contributed by atoms with Crippen molar-refractivity contribution in [2.45, 2.75) is 25.9 Å². The van der Waals surface area contributed by atoms with Gasteiger partial charge in [0.05, 0.1) is 11.2 Å². The van der Waals surface area contributed by atoms with Gasteiger partial charge in [-0.3, -0.25) is 12.8 Å². The second kappa shape index (κ2) is 6.35. The first-order valence-corrected chi connectivity index (χ1v) is 10.1. The van der Waals surface area contributed by atoms with Gasteiger partial charge in [0.1, 0.15) is 23.0 Å². The monoisotopic (exact) mass is 483 g/mol. The summed E-state index contributed by atoms with van der Waals surface area (Å²) in [6.45, 7) is 4.69. The van der Waals surface area contributed by atoms with Gasteiger partial charge >= 0.3 is 0 Å². The molecule has 3 aromatic rings. The third kappa shape index (κ3) is 2.51. The molecule has 2 aliphatic heterocycles. The summed E-state index contributed by atoms with van der Waals surface area (Å²) in [6.07, 6.45) is 2.45. The number of aromatic nitrogens is 1. The quantitative estimate of drug-likeness (QED) is 0.477. The van der Waals surface area contributed by atoms with E-state index in [1.807, 2.05) is 73.4 Å². The van der Waals surface area contributed by atoms with E-state index in [-0.39, 0.29) is 5.78 Å². The van der Waals surface area contributed by atoms with Gasteiger partial charge in [0.15, 0.2) is 5.84 Å². The van der Waals surface area contributed by atoms with E-state index in [1.165, 1.54) is 0 Å². The van der Waals surface area contributed by atoms with Crippen molar-refractivity contribution in [3.8, 4) is 0 Å². The molecule has 0 unspecified atom stereocenters. The zero-order chi connectivity index (χ0) is 19.5. The number of fused-ring (bicyclic) bond motifs is 3. The Balaban J connectivity index is 1.67. The fraction of sp³-hybridized carbons (Fsp3) is 0.227. The van der Waals surface area contributed by atoms with Crippen molar-refractivity contribution < 1.29 is 7.86 Å². The average Bonchev–Trinajstić information content (AvgIpc) is 3.08. The number of anilines is 1. The number of carbonyl (C=O) groups excluding carboxylic acids is 1. The molecule has 2 aromatic carbocycles. The topological polar surface area (TPSA) is 54.8 Å². The summed E-state index contributed by atoms with van der Waals surface area (Å²) in [5, 5.41) is 1.07. The summed E-state index contributed by atoms with van der Waals surface area (Å²) >= 11 is 1.85. The first kappa shape index (κ1) is 17.8. The molecule has 1 fully saturated rings. The summed E-state index contributed by atoms with van der Waals surface area (Å²) in [4.78, 5) is 24.8. The van der Waals surface area contributed by atoms with E-state index in [1.54, 1.807) is 0 Å². The van der Waals surface area contributed by atoms with Crippen LogP contribution in [0.4, 0.5) is 11.4 Å². The van der Waals surface area contributed by atoms with Crippen LogP contribution in [-0.2, 0) is 3.07 Å². The lowest BCUT2D eigenvalue weighted by molar-refractivity contribution is 0.0769.